The quantitative estimate of drug-likeness (QED) is 0.679. The molecule has 166 valence electrons. The van der Waals surface area contributed by atoms with Crippen molar-refractivity contribution in [3.05, 3.63) is 87.1 Å². The number of anilines is 1. The summed E-state index contributed by atoms with van der Waals surface area (Å²) < 4.78 is 24.2. The van der Waals surface area contributed by atoms with Crippen molar-refractivity contribution >= 4 is 29.2 Å². The van der Waals surface area contributed by atoms with Gasteiger partial charge in [-0.05, 0) is 11.6 Å². The smallest absolute Gasteiger partial charge is 0.355 e. The molecule has 33 heavy (non-hydrogen) atoms. The zero-order valence-corrected chi connectivity index (χ0v) is 18.2. The van der Waals surface area contributed by atoms with E-state index in [2.05, 4.69) is 0 Å². The summed E-state index contributed by atoms with van der Waals surface area (Å²) in [5.41, 5.74) is 5.61. The molecule has 0 aromatic heterocycles. The van der Waals surface area contributed by atoms with Gasteiger partial charge in [-0.3, -0.25) is 4.90 Å². The van der Waals surface area contributed by atoms with E-state index in [1.165, 1.54) is 0 Å². The van der Waals surface area contributed by atoms with Gasteiger partial charge >= 0.3 is 11.9 Å². The zero-order chi connectivity index (χ0) is 24.3. The number of hydrogen-bond donors (Lipinski definition) is 1. The number of nitriles is 2. The lowest BCUT2D eigenvalue weighted by Gasteiger charge is -2.36. The average Bonchev–Trinajstić information content (AvgIpc) is 2.84. The highest BCUT2D eigenvalue weighted by Gasteiger charge is 2.43. The molecule has 2 N–H and O–H groups in total. The van der Waals surface area contributed by atoms with Gasteiger partial charge in [-0.2, -0.15) is 10.5 Å². The van der Waals surface area contributed by atoms with Crippen LogP contribution in [0, 0.1) is 28.5 Å². The van der Waals surface area contributed by atoms with Gasteiger partial charge in [-0.1, -0.05) is 41.9 Å². The number of methoxy groups -OCH3 is 2. The van der Waals surface area contributed by atoms with E-state index in [1.807, 2.05) is 12.1 Å². The van der Waals surface area contributed by atoms with Crippen LogP contribution in [-0.2, 0) is 19.1 Å². The number of allylic oxidation sites excluding steroid dienone is 1. The SMILES string of the molecule is COC(=O)C1=C(C(=O)OC)N(c2cc(F)c(Cl)cc2C#N)C(N)=C(C#N)C1c1ccccc1. The topological polar surface area (TPSA) is 129 Å². The minimum absolute atomic E-state index is 0.117. The van der Waals surface area contributed by atoms with Gasteiger partial charge in [0.25, 0.3) is 0 Å². The summed E-state index contributed by atoms with van der Waals surface area (Å²) in [6.45, 7) is 0. The molecule has 1 heterocycles. The van der Waals surface area contributed by atoms with Crippen molar-refractivity contribution in [3.8, 4) is 12.1 Å². The fraction of sp³-hybridized carbons (Fsp3) is 0.130. The van der Waals surface area contributed by atoms with E-state index >= 15 is 0 Å². The highest BCUT2D eigenvalue weighted by atomic mass is 35.5. The van der Waals surface area contributed by atoms with Crippen LogP contribution in [0.5, 0.6) is 0 Å². The van der Waals surface area contributed by atoms with Crippen LogP contribution in [0.2, 0.25) is 5.02 Å². The Kier molecular flexibility index (Phi) is 6.67. The predicted octanol–water partition coefficient (Wildman–Crippen LogP) is 3.25. The van der Waals surface area contributed by atoms with E-state index in [0.717, 1.165) is 31.3 Å². The molecule has 2 aromatic carbocycles. The second-order valence-electron chi connectivity index (χ2n) is 6.73. The third kappa shape index (κ3) is 3.98. The Labute approximate surface area is 193 Å². The number of hydrogen-bond acceptors (Lipinski definition) is 8. The summed E-state index contributed by atoms with van der Waals surface area (Å²) >= 11 is 5.81. The second-order valence-corrected chi connectivity index (χ2v) is 7.14. The first-order chi connectivity index (χ1) is 15.8. The minimum Gasteiger partial charge on any atom is -0.466 e. The number of rotatable bonds is 4. The van der Waals surface area contributed by atoms with Crippen molar-refractivity contribution in [2.45, 2.75) is 5.92 Å². The molecule has 1 atom stereocenters. The summed E-state index contributed by atoms with van der Waals surface area (Å²) in [7, 11) is 2.18. The van der Waals surface area contributed by atoms with Crippen LogP contribution in [-0.4, -0.2) is 26.2 Å². The van der Waals surface area contributed by atoms with Gasteiger partial charge in [-0.15, -0.1) is 0 Å². The maximum Gasteiger partial charge on any atom is 0.355 e. The molecular weight excluding hydrogens is 451 g/mol. The Morgan fingerprint density at radius 1 is 1.09 bits per heavy atom. The summed E-state index contributed by atoms with van der Waals surface area (Å²) in [5.74, 6) is -4.25. The van der Waals surface area contributed by atoms with Crippen molar-refractivity contribution in [2.75, 3.05) is 19.1 Å². The standard InChI is InChI=1S/C23H16ClFN4O4/c1-32-22(30)19-18(12-6-4-3-5-7-12)14(11-27)21(28)29(20(19)23(31)33-2)17-9-16(25)15(24)8-13(17)10-26/h3-9,18H,28H2,1-2H3. The van der Waals surface area contributed by atoms with Crippen LogP contribution in [0.15, 0.2) is 65.1 Å². The normalized spacial score (nSPS) is 15.6. The lowest BCUT2D eigenvalue weighted by atomic mass is 9.80. The molecule has 1 aliphatic rings. The maximum atomic E-state index is 14.4. The van der Waals surface area contributed by atoms with Crippen LogP contribution < -0.4 is 10.6 Å². The lowest BCUT2D eigenvalue weighted by Crippen LogP contribution is -2.41. The van der Waals surface area contributed by atoms with Crippen LogP contribution in [0.25, 0.3) is 0 Å². The molecule has 0 saturated heterocycles. The van der Waals surface area contributed by atoms with Crippen molar-refractivity contribution in [1.29, 1.82) is 10.5 Å². The van der Waals surface area contributed by atoms with Gasteiger partial charge in [0.05, 0.1) is 53.6 Å². The van der Waals surface area contributed by atoms with E-state index in [1.54, 1.807) is 30.3 Å². The number of carbonyl (C=O) groups excluding carboxylic acids is 2. The maximum absolute atomic E-state index is 14.4. The van der Waals surface area contributed by atoms with Crippen molar-refractivity contribution in [1.82, 2.24) is 0 Å². The number of esters is 2. The number of nitrogens with two attached hydrogens (primary N) is 1. The highest BCUT2D eigenvalue weighted by Crippen LogP contribution is 2.44. The first-order valence-corrected chi connectivity index (χ1v) is 9.73. The Bertz CT molecular complexity index is 1290. The molecule has 1 aliphatic heterocycles. The molecule has 8 nitrogen and oxygen atoms in total. The van der Waals surface area contributed by atoms with Gasteiger partial charge in [0.15, 0.2) is 0 Å². The molecule has 0 bridgehead atoms. The number of nitrogens with zero attached hydrogens (tertiary/aromatic N) is 3. The molecule has 1 unspecified atom stereocenters. The second kappa shape index (κ2) is 9.43. The molecule has 2 aromatic rings. The van der Waals surface area contributed by atoms with Crippen molar-refractivity contribution in [3.63, 3.8) is 0 Å². The number of halogens is 2. The molecule has 10 heteroatoms. The number of ether oxygens (including phenoxy) is 2. The predicted molar refractivity (Wildman–Crippen MR) is 116 cm³/mol. The summed E-state index contributed by atoms with van der Waals surface area (Å²) in [6.07, 6.45) is 0. The van der Waals surface area contributed by atoms with Crippen LogP contribution >= 0.6 is 11.6 Å². The molecule has 0 fully saturated rings. The van der Waals surface area contributed by atoms with Crippen LogP contribution in [0.4, 0.5) is 10.1 Å². The van der Waals surface area contributed by atoms with Gasteiger partial charge in [0.1, 0.15) is 23.4 Å². The molecule has 0 spiro atoms. The first-order valence-electron chi connectivity index (χ1n) is 9.35. The summed E-state index contributed by atoms with van der Waals surface area (Å²) in [6, 6.07) is 14.1. The van der Waals surface area contributed by atoms with Gasteiger partial charge in [-0.25, -0.2) is 14.0 Å². The fourth-order valence-corrected chi connectivity index (χ4v) is 3.74. The van der Waals surface area contributed by atoms with Crippen molar-refractivity contribution in [2.24, 2.45) is 5.73 Å². The zero-order valence-electron chi connectivity index (χ0n) is 17.4. The molecule has 0 radical (unpaired) electrons. The van der Waals surface area contributed by atoms with Gasteiger partial charge in [0.2, 0.25) is 0 Å². The third-order valence-corrected chi connectivity index (χ3v) is 5.30. The molecular formula is C23H16ClFN4O4. The van der Waals surface area contributed by atoms with Crippen LogP contribution in [0.3, 0.4) is 0 Å². The monoisotopic (exact) mass is 466 g/mol. The number of benzene rings is 2. The van der Waals surface area contributed by atoms with Gasteiger partial charge < -0.3 is 15.2 Å². The summed E-state index contributed by atoms with van der Waals surface area (Å²) in [4.78, 5) is 26.8. The van der Waals surface area contributed by atoms with E-state index in [0.29, 0.717) is 5.56 Å². The van der Waals surface area contributed by atoms with E-state index in [-0.39, 0.29) is 33.2 Å². The third-order valence-electron chi connectivity index (χ3n) is 5.01. The van der Waals surface area contributed by atoms with Gasteiger partial charge in [0, 0.05) is 6.07 Å². The molecule has 0 aliphatic carbocycles. The molecule has 3 rings (SSSR count). The Balaban J connectivity index is 2.49. The van der Waals surface area contributed by atoms with Crippen LogP contribution in [0.1, 0.15) is 17.0 Å². The lowest BCUT2D eigenvalue weighted by molar-refractivity contribution is -0.139. The van der Waals surface area contributed by atoms with E-state index < -0.39 is 29.4 Å². The fourth-order valence-electron chi connectivity index (χ4n) is 3.57. The van der Waals surface area contributed by atoms with E-state index in [9.17, 15) is 24.5 Å². The molecule has 0 amide bonds. The molecule has 0 saturated carbocycles. The Morgan fingerprint density at radius 3 is 2.27 bits per heavy atom. The Morgan fingerprint density at radius 2 is 1.73 bits per heavy atom. The first kappa shape index (κ1) is 23.3. The average molecular weight is 467 g/mol. The Hall–Kier alpha value is -4.34. The highest BCUT2D eigenvalue weighted by molar-refractivity contribution is 6.31. The van der Waals surface area contributed by atoms with Crippen molar-refractivity contribution < 1.29 is 23.5 Å². The number of carbonyl (C=O) groups is 2. The van der Waals surface area contributed by atoms with E-state index in [4.69, 9.17) is 26.8 Å². The summed E-state index contributed by atoms with van der Waals surface area (Å²) in [5, 5.41) is 19.2. The largest absolute Gasteiger partial charge is 0.466 e. The minimum atomic E-state index is -1.09.